The predicted molar refractivity (Wildman–Crippen MR) is 127 cm³/mol. The van der Waals surface area contributed by atoms with Crippen LogP contribution in [0.25, 0.3) is 0 Å². The number of halogens is 3. The third-order valence-electron chi connectivity index (χ3n) is 5.43. The SMILES string of the molecule is CN=C(NCCCc1ccc(Cl)cc1Cl)N1CCC(CN2CCCC2)C1.I. The minimum atomic E-state index is 0. The van der Waals surface area contributed by atoms with E-state index in [4.69, 9.17) is 23.2 Å². The maximum absolute atomic E-state index is 6.25. The minimum absolute atomic E-state index is 0. The van der Waals surface area contributed by atoms with E-state index in [2.05, 4.69) is 20.1 Å². The summed E-state index contributed by atoms with van der Waals surface area (Å²) in [6.07, 6.45) is 5.98. The van der Waals surface area contributed by atoms with Gasteiger partial charge in [-0.2, -0.15) is 0 Å². The summed E-state index contributed by atoms with van der Waals surface area (Å²) < 4.78 is 0. The fraction of sp³-hybridized carbons (Fsp3) is 0.650. The molecule has 1 aromatic carbocycles. The summed E-state index contributed by atoms with van der Waals surface area (Å²) in [5.41, 5.74) is 1.15. The molecule has 1 N–H and O–H groups in total. The van der Waals surface area contributed by atoms with E-state index in [0.29, 0.717) is 5.02 Å². The highest BCUT2D eigenvalue weighted by molar-refractivity contribution is 14.0. The molecule has 1 atom stereocenters. The quantitative estimate of drug-likeness (QED) is 0.256. The predicted octanol–water partition coefficient (Wildman–Crippen LogP) is 4.54. The zero-order valence-corrected chi connectivity index (χ0v) is 19.9. The van der Waals surface area contributed by atoms with Crippen LogP contribution in [-0.2, 0) is 6.42 Å². The van der Waals surface area contributed by atoms with Crippen LogP contribution in [0, 0.1) is 5.92 Å². The van der Waals surface area contributed by atoms with Crippen molar-refractivity contribution in [2.24, 2.45) is 10.9 Å². The standard InChI is InChI=1S/C20H30Cl2N4.HI/c1-23-20(24-9-4-5-17-6-7-18(21)13-19(17)22)26-12-8-16(15-26)14-25-10-2-3-11-25;/h6-7,13,16H,2-5,8-12,14-15H2,1H3,(H,23,24);1H. The van der Waals surface area contributed by atoms with Gasteiger partial charge in [-0.3, -0.25) is 4.99 Å². The molecule has 7 heteroatoms. The Morgan fingerprint density at radius 1 is 1.22 bits per heavy atom. The zero-order valence-electron chi connectivity index (χ0n) is 16.1. The Balaban J connectivity index is 0.00000261. The van der Waals surface area contributed by atoms with E-state index in [1.165, 1.54) is 38.9 Å². The van der Waals surface area contributed by atoms with Crippen molar-refractivity contribution >= 4 is 53.1 Å². The summed E-state index contributed by atoms with van der Waals surface area (Å²) in [5.74, 6) is 1.82. The second kappa shape index (κ2) is 11.7. The molecule has 4 nitrogen and oxygen atoms in total. The zero-order chi connectivity index (χ0) is 18.4. The Bertz CT molecular complexity index is 620. The number of rotatable bonds is 6. The molecule has 2 aliphatic rings. The smallest absolute Gasteiger partial charge is 0.193 e. The number of nitrogens with one attached hydrogen (secondary N) is 1. The van der Waals surface area contributed by atoms with Crippen molar-refractivity contribution in [2.75, 3.05) is 46.3 Å². The summed E-state index contributed by atoms with van der Waals surface area (Å²) in [4.78, 5) is 9.52. The molecule has 1 unspecified atom stereocenters. The van der Waals surface area contributed by atoms with E-state index in [-0.39, 0.29) is 24.0 Å². The van der Waals surface area contributed by atoms with Gasteiger partial charge < -0.3 is 15.1 Å². The molecule has 3 rings (SSSR count). The van der Waals surface area contributed by atoms with Gasteiger partial charge >= 0.3 is 0 Å². The second-order valence-electron chi connectivity index (χ2n) is 7.42. The summed E-state index contributed by atoms with van der Waals surface area (Å²) >= 11 is 12.2. The average molecular weight is 525 g/mol. The number of benzene rings is 1. The first kappa shape index (κ1) is 23.0. The molecule has 0 aromatic heterocycles. The molecule has 27 heavy (non-hydrogen) atoms. The molecule has 2 fully saturated rings. The second-order valence-corrected chi connectivity index (χ2v) is 8.27. The summed E-state index contributed by atoms with van der Waals surface area (Å²) in [5, 5.41) is 4.97. The molecule has 0 radical (unpaired) electrons. The number of nitrogens with zero attached hydrogens (tertiary/aromatic N) is 3. The van der Waals surface area contributed by atoms with E-state index in [0.717, 1.165) is 54.9 Å². The van der Waals surface area contributed by atoms with Gasteiger partial charge in [-0.1, -0.05) is 29.3 Å². The van der Waals surface area contributed by atoms with Gasteiger partial charge in [0, 0.05) is 43.3 Å². The van der Waals surface area contributed by atoms with Gasteiger partial charge in [0.2, 0.25) is 0 Å². The molecule has 1 aromatic rings. The monoisotopic (exact) mass is 524 g/mol. The van der Waals surface area contributed by atoms with E-state index in [1.807, 2.05) is 25.2 Å². The molecule has 2 aliphatic heterocycles. The fourth-order valence-corrected chi connectivity index (χ4v) is 4.54. The third-order valence-corrected chi connectivity index (χ3v) is 6.02. The molecular formula is C20H31Cl2IN4. The van der Waals surface area contributed by atoms with Crippen LogP contribution in [0.15, 0.2) is 23.2 Å². The van der Waals surface area contributed by atoms with Gasteiger partial charge in [0.25, 0.3) is 0 Å². The summed E-state index contributed by atoms with van der Waals surface area (Å²) in [6, 6.07) is 5.73. The van der Waals surface area contributed by atoms with Crippen LogP contribution >= 0.6 is 47.2 Å². The van der Waals surface area contributed by atoms with Crippen LogP contribution in [0.1, 0.15) is 31.2 Å². The van der Waals surface area contributed by atoms with Crippen molar-refractivity contribution in [2.45, 2.75) is 32.1 Å². The van der Waals surface area contributed by atoms with Crippen molar-refractivity contribution in [3.63, 3.8) is 0 Å². The van der Waals surface area contributed by atoms with Crippen LogP contribution in [0.3, 0.4) is 0 Å². The Hall–Kier alpha value is -0.240. The molecule has 0 bridgehead atoms. The highest BCUT2D eigenvalue weighted by Crippen LogP contribution is 2.22. The Morgan fingerprint density at radius 3 is 2.70 bits per heavy atom. The van der Waals surface area contributed by atoms with Gasteiger partial charge in [-0.25, -0.2) is 0 Å². The van der Waals surface area contributed by atoms with Crippen molar-refractivity contribution in [1.29, 1.82) is 0 Å². The maximum atomic E-state index is 6.25. The van der Waals surface area contributed by atoms with Gasteiger partial charge in [0.05, 0.1) is 0 Å². The number of hydrogen-bond donors (Lipinski definition) is 1. The average Bonchev–Trinajstić information content (AvgIpc) is 3.29. The number of guanidine groups is 1. The number of aryl methyl sites for hydroxylation is 1. The topological polar surface area (TPSA) is 30.9 Å². The van der Waals surface area contributed by atoms with E-state index < -0.39 is 0 Å². The molecule has 2 saturated heterocycles. The normalized spacial score (nSPS) is 20.8. The first-order chi connectivity index (χ1) is 12.7. The molecule has 0 saturated carbocycles. The number of likely N-dealkylation sites (tertiary alicyclic amines) is 2. The van der Waals surface area contributed by atoms with Crippen LogP contribution in [0.4, 0.5) is 0 Å². The first-order valence-corrected chi connectivity index (χ1v) is 10.5. The van der Waals surface area contributed by atoms with Crippen LogP contribution in [-0.4, -0.2) is 62.1 Å². The van der Waals surface area contributed by atoms with Crippen LogP contribution in [0.2, 0.25) is 10.0 Å². The Labute approximate surface area is 190 Å². The largest absolute Gasteiger partial charge is 0.356 e. The first-order valence-electron chi connectivity index (χ1n) is 9.77. The van der Waals surface area contributed by atoms with Crippen molar-refractivity contribution in [3.05, 3.63) is 33.8 Å². The number of aliphatic imine (C=N–C) groups is 1. The molecular weight excluding hydrogens is 494 g/mol. The highest BCUT2D eigenvalue weighted by atomic mass is 127. The molecule has 2 heterocycles. The summed E-state index contributed by atoms with van der Waals surface area (Å²) in [7, 11) is 1.88. The molecule has 152 valence electrons. The lowest BCUT2D eigenvalue weighted by atomic mass is 10.1. The summed E-state index contributed by atoms with van der Waals surface area (Å²) in [6.45, 7) is 6.97. The lowest BCUT2D eigenvalue weighted by molar-refractivity contribution is 0.281. The van der Waals surface area contributed by atoms with Gasteiger partial charge in [-0.05, 0) is 68.8 Å². The van der Waals surface area contributed by atoms with Gasteiger partial charge in [0.15, 0.2) is 5.96 Å². The Morgan fingerprint density at radius 2 is 2.00 bits per heavy atom. The van der Waals surface area contributed by atoms with Gasteiger partial charge in [0.1, 0.15) is 0 Å². The van der Waals surface area contributed by atoms with E-state index in [1.54, 1.807) is 0 Å². The molecule has 0 amide bonds. The maximum Gasteiger partial charge on any atom is 0.193 e. The van der Waals surface area contributed by atoms with Crippen LogP contribution in [0.5, 0.6) is 0 Å². The fourth-order valence-electron chi connectivity index (χ4n) is 4.04. The van der Waals surface area contributed by atoms with E-state index in [9.17, 15) is 0 Å². The third kappa shape index (κ3) is 6.94. The molecule has 0 spiro atoms. The lowest BCUT2D eigenvalue weighted by Gasteiger charge is -2.23. The molecule has 0 aliphatic carbocycles. The minimum Gasteiger partial charge on any atom is -0.356 e. The van der Waals surface area contributed by atoms with Crippen molar-refractivity contribution in [3.8, 4) is 0 Å². The van der Waals surface area contributed by atoms with Crippen molar-refractivity contribution < 1.29 is 0 Å². The van der Waals surface area contributed by atoms with Crippen molar-refractivity contribution in [1.82, 2.24) is 15.1 Å². The van der Waals surface area contributed by atoms with Crippen LogP contribution < -0.4 is 5.32 Å². The lowest BCUT2D eigenvalue weighted by Crippen LogP contribution is -2.41. The highest BCUT2D eigenvalue weighted by Gasteiger charge is 2.27. The number of hydrogen-bond acceptors (Lipinski definition) is 2. The van der Waals surface area contributed by atoms with Gasteiger partial charge in [-0.15, -0.1) is 24.0 Å². The van der Waals surface area contributed by atoms with E-state index >= 15 is 0 Å². The Kier molecular flexibility index (Phi) is 9.97.